The summed E-state index contributed by atoms with van der Waals surface area (Å²) in [5.41, 5.74) is 0. The first kappa shape index (κ1) is 9.15. The lowest BCUT2D eigenvalue weighted by Gasteiger charge is -1.89. The zero-order chi connectivity index (χ0) is 7.82. The van der Waals surface area contributed by atoms with Crippen molar-refractivity contribution in [2.45, 2.75) is 26.2 Å². The molecule has 0 aliphatic carbocycles. The molecular weight excluding hydrogens is 124 g/mol. The van der Waals surface area contributed by atoms with Gasteiger partial charge in [-0.25, -0.2) is 0 Å². The van der Waals surface area contributed by atoms with Crippen LogP contribution in [0.2, 0.25) is 0 Å². The number of allylic oxidation sites excluding steroid dienone is 3. The van der Waals surface area contributed by atoms with Gasteiger partial charge < -0.3 is 0 Å². The van der Waals surface area contributed by atoms with Gasteiger partial charge in [0.1, 0.15) is 0 Å². The van der Waals surface area contributed by atoms with Crippen molar-refractivity contribution < 1.29 is 4.79 Å². The van der Waals surface area contributed by atoms with E-state index in [4.69, 9.17) is 0 Å². The maximum atomic E-state index is 10.8. The van der Waals surface area contributed by atoms with E-state index in [0.717, 1.165) is 12.8 Å². The molecule has 0 aromatic heterocycles. The molecule has 0 amide bonds. The first-order chi connectivity index (χ1) is 4.81. The van der Waals surface area contributed by atoms with Crippen LogP contribution in [0.5, 0.6) is 0 Å². The van der Waals surface area contributed by atoms with E-state index in [1.807, 2.05) is 0 Å². The number of hydrogen-bond acceptors (Lipinski definition) is 1. The van der Waals surface area contributed by atoms with Crippen molar-refractivity contribution in [2.75, 3.05) is 0 Å². The van der Waals surface area contributed by atoms with Crippen LogP contribution < -0.4 is 0 Å². The highest BCUT2D eigenvalue weighted by molar-refractivity contribution is 5.89. The summed E-state index contributed by atoms with van der Waals surface area (Å²) < 4.78 is 0. The van der Waals surface area contributed by atoms with Crippen LogP contribution in [0.25, 0.3) is 0 Å². The monoisotopic (exact) mass is 138 g/mol. The Kier molecular flexibility index (Phi) is 5.74. The molecule has 0 fully saturated rings. The molecule has 0 bridgehead atoms. The summed E-state index contributed by atoms with van der Waals surface area (Å²) in [5, 5.41) is 0. The van der Waals surface area contributed by atoms with E-state index in [1.54, 1.807) is 18.2 Å². The first-order valence-electron chi connectivity index (χ1n) is 3.63. The van der Waals surface area contributed by atoms with Crippen LogP contribution in [0.3, 0.4) is 0 Å². The third-order valence-corrected chi connectivity index (χ3v) is 1.19. The number of rotatable bonds is 5. The molecule has 0 radical (unpaired) electrons. The Morgan fingerprint density at radius 3 is 2.80 bits per heavy atom. The standard InChI is InChI=1S/C9H14O/c1-3-5-7-9(10)8-6-4-2/h3,5,7H,1,4,6,8H2,2H3. The van der Waals surface area contributed by atoms with Gasteiger partial charge in [-0.1, -0.05) is 32.1 Å². The molecule has 0 heterocycles. The minimum Gasteiger partial charge on any atom is -0.295 e. The van der Waals surface area contributed by atoms with Gasteiger partial charge in [-0.05, 0) is 12.5 Å². The second kappa shape index (κ2) is 6.27. The number of unbranched alkanes of at least 4 members (excludes halogenated alkanes) is 1. The molecular formula is C9H14O. The molecule has 0 aromatic carbocycles. The maximum Gasteiger partial charge on any atom is 0.155 e. The summed E-state index contributed by atoms with van der Waals surface area (Å²) in [7, 11) is 0. The van der Waals surface area contributed by atoms with E-state index in [1.165, 1.54) is 0 Å². The lowest BCUT2D eigenvalue weighted by molar-refractivity contribution is -0.114. The average Bonchev–Trinajstić information content (AvgIpc) is 1.97. The molecule has 0 saturated carbocycles. The second-order valence-corrected chi connectivity index (χ2v) is 2.16. The summed E-state index contributed by atoms with van der Waals surface area (Å²) in [4.78, 5) is 10.8. The van der Waals surface area contributed by atoms with Gasteiger partial charge in [0.25, 0.3) is 0 Å². The normalized spacial score (nSPS) is 10.1. The second-order valence-electron chi connectivity index (χ2n) is 2.16. The quantitative estimate of drug-likeness (QED) is 0.421. The maximum absolute atomic E-state index is 10.8. The van der Waals surface area contributed by atoms with E-state index in [0.29, 0.717) is 6.42 Å². The van der Waals surface area contributed by atoms with Crippen molar-refractivity contribution in [3.8, 4) is 0 Å². The fourth-order valence-corrected chi connectivity index (χ4v) is 0.610. The predicted molar refractivity (Wildman–Crippen MR) is 43.9 cm³/mol. The Morgan fingerprint density at radius 2 is 2.30 bits per heavy atom. The SMILES string of the molecule is C=CC=CC(=O)CCCC. The third-order valence-electron chi connectivity index (χ3n) is 1.19. The largest absolute Gasteiger partial charge is 0.295 e. The van der Waals surface area contributed by atoms with Crippen LogP contribution in [0, 0.1) is 0 Å². The van der Waals surface area contributed by atoms with Crippen molar-refractivity contribution >= 4 is 5.78 Å². The van der Waals surface area contributed by atoms with Crippen molar-refractivity contribution in [2.24, 2.45) is 0 Å². The van der Waals surface area contributed by atoms with Crippen LogP contribution >= 0.6 is 0 Å². The fourth-order valence-electron chi connectivity index (χ4n) is 0.610. The Hall–Kier alpha value is -0.850. The summed E-state index contributed by atoms with van der Waals surface area (Å²) in [6.45, 7) is 5.55. The summed E-state index contributed by atoms with van der Waals surface area (Å²) in [6, 6.07) is 0. The van der Waals surface area contributed by atoms with Crippen molar-refractivity contribution in [1.82, 2.24) is 0 Å². The Bertz CT molecular complexity index is 134. The predicted octanol–water partition coefficient (Wildman–Crippen LogP) is 2.49. The first-order valence-corrected chi connectivity index (χ1v) is 3.63. The molecule has 0 N–H and O–H groups in total. The molecule has 56 valence electrons. The Labute approximate surface area is 62.4 Å². The lowest BCUT2D eigenvalue weighted by atomic mass is 10.2. The van der Waals surface area contributed by atoms with Crippen LogP contribution in [0.4, 0.5) is 0 Å². The van der Waals surface area contributed by atoms with Crippen molar-refractivity contribution in [3.05, 3.63) is 24.8 Å². The van der Waals surface area contributed by atoms with Crippen molar-refractivity contribution in [1.29, 1.82) is 0 Å². The third kappa shape index (κ3) is 5.29. The topological polar surface area (TPSA) is 17.1 Å². The van der Waals surface area contributed by atoms with Gasteiger partial charge in [0.2, 0.25) is 0 Å². The molecule has 0 aliphatic rings. The van der Waals surface area contributed by atoms with Crippen LogP contribution in [0.1, 0.15) is 26.2 Å². The molecule has 0 atom stereocenters. The summed E-state index contributed by atoms with van der Waals surface area (Å²) in [5.74, 6) is 0.196. The Balaban J connectivity index is 3.43. The van der Waals surface area contributed by atoms with E-state index in [2.05, 4.69) is 13.5 Å². The smallest absolute Gasteiger partial charge is 0.155 e. The van der Waals surface area contributed by atoms with Crippen LogP contribution in [-0.2, 0) is 4.79 Å². The molecule has 0 aromatic rings. The molecule has 0 saturated heterocycles. The zero-order valence-electron chi connectivity index (χ0n) is 6.47. The molecule has 0 rings (SSSR count). The number of hydrogen-bond donors (Lipinski definition) is 0. The summed E-state index contributed by atoms with van der Waals surface area (Å²) in [6.07, 6.45) is 7.60. The Morgan fingerprint density at radius 1 is 1.60 bits per heavy atom. The van der Waals surface area contributed by atoms with E-state index in [-0.39, 0.29) is 5.78 Å². The van der Waals surface area contributed by atoms with E-state index >= 15 is 0 Å². The molecule has 0 aliphatic heterocycles. The van der Waals surface area contributed by atoms with E-state index < -0.39 is 0 Å². The van der Waals surface area contributed by atoms with Gasteiger partial charge in [-0.2, -0.15) is 0 Å². The van der Waals surface area contributed by atoms with Gasteiger partial charge >= 0.3 is 0 Å². The van der Waals surface area contributed by atoms with E-state index in [9.17, 15) is 4.79 Å². The number of ketones is 1. The van der Waals surface area contributed by atoms with Gasteiger partial charge in [0.15, 0.2) is 5.78 Å². The highest BCUT2D eigenvalue weighted by atomic mass is 16.1. The highest BCUT2D eigenvalue weighted by Crippen LogP contribution is 1.95. The minimum atomic E-state index is 0.196. The van der Waals surface area contributed by atoms with Crippen LogP contribution in [0.15, 0.2) is 24.8 Å². The van der Waals surface area contributed by atoms with Crippen LogP contribution in [-0.4, -0.2) is 5.78 Å². The van der Waals surface area contributed by atoms with Gasteiger partial charge in [-0.15, -0.1) is 0 Å². The molecule has 0 unspecified atom stereocenters. The average molecular weight is 138 g/mol. The highest BCUT2D eigenvalue weighted by Gasteiger charge is 1.92. The van der Waals surface area contributed by atoms with Gasteiger partial charge in [0.05, 0.1) is 0 Å². The number of carbonyl (C=O) groups excluding carboxylic acids is 1. The number of carbonyl (C=O) groups is 1. The molecule has 1 heteroatoms. The van der Waals surface area contributed by atoms with Crippen molar-refractivity contribution in [3.63, 3.8) is 0 Å². The minimum absolute atomic E-state index is 0.196. The zero-order valence-corrected chi connectivity index (χ0v) is 6.47. The summed E-state index contributed by atoms with van der Waals surface area (Å²) >= 11 is 0. The molecule has 0 spiro atoms. The van der Waals surface area contributed by atoms with Gasteiger partial charge in [-0.3, -0.25) is 4.79 Å². The molecule has 1 nitrogen and oxygen atoms in total. The lowest BCUT2D eigenvalue weighted by Crippen LogP contribution is -1.90. The van der Waals surface area contributed by atoms with Gasteiger partial charge in [0, 0.05) is 6.42 Å². The molecule has 10 heavy (non-hydrogen) atoms. The fraction of sp³-hybridized carbons (Fsp3) is 0.444.